The molecule has 64 heavy (non-hydrogen) atoms. The number of nitrogens with zero attached hydrogens (tertiary/aromatic N) is 2. The molecule has 0 saturated heterocycles. The molecule has 2 aromatic heterocycles. The number of anilines is 6. The maximum atomic E-state index is 7.14. The molecule has 2 heterocycles. The van der Waals surface area contributed by atoms with Crippen LogP contribution in [-0.4, -0.2) is 0 Å². The molecule has 0 N–H and O–H groups in total. The van der Waals surface area contributed by atoms with Crippen molar-refractivity contribution in [2.75, 3.05) is 9.80 Å². The SMILES string of the molecule is c1ccc(-c2ccccc2N(c2ccc3c(c2)oc2c4ccc(N(c5ccccc5)c5ccc6ccccc6c5)cc4c4ccccc4c32)c2cccc3c2oc2ccccc23)cc1. The van der Waals surface area contributed by atoms with Gasteiger partial charge in [-0.25, -0.2) is 0 Å². The molecule has 0 atom stereocenters. The molecule has 4 heteroatoms. The van der Waals surface area contributed by atoms with Gasteiger partial charge in [-0.2, -0.15) is 0 Å². The summed E-state index contributed by atoms with van der Waals surface area (Å²) in [4.78, 5) is 4.67. The highest BCUT2D eigenvalue weighted by atomic mass is 16.3. The molecule has 0 unspecified atom stereocenters. The fraction of sp³-hybridized carbons (Fsp3) is 0. The molecular weight excluding hydrogens is 781 g/mol. The maximum absolute atomic E-state index is 7.14. The number of hydrogen-bond acceptors (Lipinski definition) is 4. The highest BCUT2D eigenvalue weighted by Crippen LogP contribution is 2.48. The molecule has 4 nitrogen and oxygen atoms in total. The van der Waals surface area contributed by atoms with E-state index in [1.807, 2.05) is 12.1 Å². The Kier molecular flexibility index (Phi) is 8.18. The third-order valence-electron chi connectivity index (χ3n) is 12.8. The van der Waals surface area contributed by atoms with Gasteiger partial charge in [0, 0.05) is 55.6 Å². The topological polar surface area (TPSA) is 32.8 Å². The summed E-state index contributed by atoms with van der Waals surface area (Å²) in [5.74, 6) is 0. The highest BCUT2D eigenvalue weighted by molar-refractivity contribution is 6.30. The first-order valence-corrected chi connectivity index (χ1v) is 21.7. The minimum Gasteiger partial charge on any atom is -0.455 e. The third-order valence-corrected chi connectivity index (χ3v) is 12.8. The van der Waals surface area contributed by atoms with Crippen molar-refractivity contribution in [3.63, 3.8) is 0 Å². The molecule has 0 radical (unpaired) electrons. The van der Waals surface area contributed by atoms with E-state index in [1.54, 1.807) is 0 Å². The second kappa shape index (κ2) is 14.5. The van der Waals surface area contributed by atoms with Crippen LogP contribution in [0.25, 0.3) is 87.3 Å². The Balaban J connectivity index is 1.03. The average Bonchev–Trinajstić information content (AvgIpc) is 3.94. The lowest BCUT2D eigenvalue weighted by atomic mass is 9.96. The molecule has 0 amide bonds. The zero-order valence-electron chi connectivity index (χ0n) is 34.7. The molecule has 11 aromatic carbocycles. The van der Waals surface area contributed by atoms with E-state index in [9.17, 15) is 0 Å². The molecule has 13 aromatic rings. The first kappa shape index (κ1) is 36.1. The Labute approximate surface area is 369 Å². The second-order valence-corrected chi connectivity index (χ2v) is 16.4. The van der Waals surface area contributed by atoms with Gasteiger partial charge in [0.25, 0.3) is 0 Å². The normalized spacial score (nSPS) is 11.8. The number of furan rings is 2. The molecule has 0 aliphatic heterocycles. The van der Waals surface area contributed by atoms with Gasteiger partial charge in [-0.15, -0.1) is 0 Å². The van der Waals surface area contributed by atoms with Crippen molar-refractivity contribution in [2.24, 2.45) is 0 Å². The van der Waals surface area contributed by atoms with Crippen molar-refractivity contribution in [3.05, 3.63) is 231 Å². The highest BCUT2D eigenvalue weighted by Gasteiger charge is 2.24. The van der Waals surface area contributed by atoms with E-state index in [1.165, 1.54) is 16.2 Å². The number of fused-ring (bicyclic) bond motifs is 12. The summed E-state index contributed by atoms with van der Waals surface area (Å²) in [6.07, 6.45) is 0. The molecule has 0 aliphatic carbocycles. The standard InChI is InChI=1S/C60H38N2O2/c1-3-17-40(18-4-1)46-22-11-13-27-54(46)62(55-28-15-26-50-48-24-12-14-29-56(48)63-59(50)55)45-33-35-52-57(38-45)64-60-51-34-32-44(37-53(51)47-23-9-10-25-49(47)58(52)60)61(42-20-5-2-6-21-42)43-31-30-39-16-7-8-19-41(39)36-43/h1-38H. The Morgan fingerprint density at radius 1 is 0.281 bits per heavy atom. The van der Waals surface area contributed by atoms with E-state index in [0.717, 1.165) is 105 Å². The van der Waals surface area contributed by atoms with Crippen LogP contribution in [0.1, 0.15) is 0 Å². The number of rotatable bonds is 7. The van der Waals surface area contributed by atoms with Gasteiger partial charge >= 0.3 is 0 Å². The summed E-state index contributed by atoms with van der Waals surface area (Å²) in [6.45, 7) is 0. The van der Waals surface area contributed by atoms with E-state index < -0.39 is 0 Å². The van der Waals surface area contributed by atoms with Gasteiger partial charge in [0.15, 0.2) is 5.58 Å². The number of benzene rings is 11. The predicted octanol–water partition coefficient (Wildman–Crippen LogP) is 17.6. The third kappa shape index (κ3) is 5.70. The van der Waals surface area contributed by atoms with Crippen LogP contribution in [0, 0.1) is 0 Å². The largest absolute Gasteiger partial charge is 0.455 e. The molecule has 0 spiro atoms. The van der Waals surface area contributed by atoms with Crippen LogP contribution in [0.4, 0.5) is 34.1 Å². The predicted molar refractivity (Wildman–Crippen MR) is 268 cm³/mol. The van der Waals surface area contributed by atoms with Crippen LogP contribution in [0.5, 0.6) is 0 Å². The zero-order chi connectivity index (χ0) is 42.1. The molecule has 0 aliphatic rings. The Bertz CT molecular complexity index is 3920. The lowest BCUT2D eigenvalue weighted by molar-refractivity contribution is 0.668. The van der Waals surface area contributed by atoms with E-state index in [2.05, 4.69) is 228 Å². The van der Waals surface area contributed by atoms with Crippen molar-refractivity contribution < 1.29 is 8.83 Å². The number of para-hydroxylation sites is 4. The molecule has 13 rings (SSSR count). The van der Waals surface area contributed by atoms with Crippen LogP contribution >= 0.6 is 0 Å². The maximum Gasteiger partial charge on any atom is 0.159 e. The van der Waals surface area contributed by atoms with Gasteiger partial charge in [-0.3, -0.25) is 0 Å². The minimum absolute atomic E-state index is 0.815. The van der Waals surface area contributed by atoms with Gasteiger partial charge in [0.2, 0.25) is 0 Å². The van der Waals surface area contributed by atoms with E-state index >= 15 is 0 Å². The van der Waals surface area contributed by atoms with E-state index in [-0.39, 0.29) is 0 Å². The molecule has 0 bridgehead atoms. The zero-order valence-corrected chi connectivity index (χ0v) is 34.7. The van der Waals surface area contributed by atoms with Crippen molar-refractivity contribution in [2.45, 2.75) is 0 Å². The fourth-order valence-electron chi connectivity index (χ4n) is 9.90. The van der Waals surface area contributed by atoms with Crippen molar-refractivity contribution in [3.8, 4) is 11.1 Å². The average molecular weight is 819 g/mol. The van der Waals surface area contributed by atoms with Gasteiger partial charge < -0.3 is 18.6 Å². The van der Waals surface area contributed by atoms with Gasteiger partial charge in [0.1, 0.15) is 16.7 Å². The first-order chi connectivity index (χ1) is 31.7. The Morgan fingerprint density at radius 3 is 1.73 bits per heavy atom. The molecule has 0 fully saturated rings. The molecule has 0 saturated carbocycles. The first-order valence-electron chi connectivity index (χ1n) is 21.7. The van der Waals surface area contributed by atoms with Crippen molar-refractivity contribution >= 4 is 110 Å². The Morgan fingerprint density at radius 2 is 0.875 bits per heavy atom. The van der Waals surface area contributed by atoms with Crippen LogP contribution in [0.3, 0.4) is 0 Å². The van der Waals surface area contributed by atoms with E-state index in [0.29, 0.717) is 0 Å². The quantitative estimate of drug-likeness (QED) is 0.150. The monoisotopic (exact) mass is 818 g/mol. The summed E-state index contributed by atoms with van der Waals surface area (Å²) in [6, 6.07) is 82.0. The van der Waals surface area contributed by atoms with Crippen LogP contribution < -0.4 is 9.80 Å². The Hall–Kier alpha value is -8.60. The van der Waals surface area contributed by atoms with Crippen LogP contribution in [0.15, 0.2) is 239 Å². The summed E-state index contributed by atoms with van der Waals surface area (Å²) in [7, 11) is 0. The van der Waals surface area contributed by atoms with Crippen molar-refractivity contribution in [1.29, 1.82) is 0 Å². The van der Waals surface area contributed by atoms with E-state index in [4.69, 9.17) is 8.83 Å². The smallest absolute Gasteiger partial charge is 0.159 e. The molecular formula is C60H38N2O2. The van der Waals surface area contributed by atoms with Gasteiger partial charge in [0.05, 0.1) is 17.1 Å². The lowest BCUT2D eigenvalue weighted by Crippen LogP contribution is -2.11. The number of hydrogen-bond donors (Lipinski definition) is 0. The fourth-order valence-corrected chi connectivity index (χ4v) is 9.90. The summed E-state index contributed by atoms with van der Waals surface area (Å²) < 4.78 is 13.9. The van der Waals surface area contributed by atoms with Gasteiger partial charge in [-0.05, 0) is 105 Å². The minimum atomic E-state index is 0.815. The summed E-state index contributed by atoms with van der Waals surface area (Å²) >= 11 is 0. The van der Waals surface area contributed by atoms with Crippen molar-refractivity contribution in [1.82, 2.24) is 0 Å². The lowest BCUT2D eigenvalue weighted by Gasteiger charge is -2.27. The van der Waals surface area contributed by atoms with Crippen LogP contribution in [-0.2, 0) is 0 Å². The van der Waals surface area contributed by atoms with Gasteiger partial charge in [-0.1, -0.05) is 152 Å². The molecule has 300 valence electrons. The van der Waals surface area contributed by atoms with Crippen LogP contribution in [0.2, 0.25) is 0 Å². The summed E-state index contributed by atoms with van der Waals surface area (Å²) in [5, 5.41) is 11.3. The second-order valence-electron chi connectivity index (χ2n) is 16.4. The summed E-state index contributed by atoms with van der Waals surface area (Å²) in [5.41, 5.74) is 11.8.